The highest BCUT2D eigenvalue weighted by atomic mass is 32.2. The number of sulfonamides is 1. The minimum Gasteiger partial charge on any atom is -0.322 e. The Morgan fingerprint density at radius 1 is 1.00 bits per heavy atom. The van der Waals surface area contributed by atoms with Gasteiger partial charge in [-0.15, -0.1) is 23.5 Å². The first-order chi connectivity index (χ1) is 13.5. The second-order valence-electron chi connectivity index (χ2n) is 6.93. The molecule has 0 aromatic heterocycles. The summed E-state index contributed by atoms with van der Waals surface area (Å²) in [6.45, 7) is 0. The zero-order valence-corrected chi connectivity index (χ0v) is 17.7. The lowest BCUT2D eigenvalue weighted by Gasteiger charge is -2.21. The highest BCUT2D eigenvalue weighted by Gasteiger charge is 2.28. The van der Waals surface area contributed by atoms with Crippen molar-refractivity contribution in [3.05, 3.63) is 59.7 Å². The van der Waals surface area contributed by atoms with Crippen molar-refractivity contribution >= 4 is 45.1 Å². The van der Waals surface area contributed by atoms with Crippen LogP contribution in [-0.4, -0.2) is 31.9 Å². The first-order valence-corrected chi connectivity index (χ1v) is 12.9. The summed E-state index contributed by atoms with van der Waals surface area (Å²) < 4.78 is 27.8. The van der Waals surface area contributed by atoms with Crippen LogP contribution >= 0.6 is 23.5 Å². The van der Waals surface area contributed by atoms with Gasteiger partial charge in [0.15, 0.2) is 0 Å². The Hall–Kier alpha value is -1.48. The molecule has 4 rings (SSSR count). The van der Waals surface area contributed by atoms with Gasteiger partial charge in [-0.3, -0.25) is 4.79 Å². The maximum atomic E-state index is 12.7. The maximum absolute atomic E-state index is 12.7. The van der Waals surface area contributed by atoms with Crippen molar-refractivity contribution in [3.63, 3.8) is 0 Å². The maximum Gasteiger partial charge on any atom is 0.255 e. The van der Waals surface area contributed by atoms with Gasteiger partial charge in [-0.1, -0.05) is 18.2 Å². The molecule has 1 saturated heterocycles. The summed E-state index contributed by atoms with van der Waals surface area (Å²) in [7, 11) is -3.58. The van der Waals surface area contributed by atoms with Crippen molar-refractivity contribution in [3.8, 4) is 0 Å². The second-order valence-corrected chi connectivity index (χ2v) is 11.4. The van der Waals surface area contributed by atoms with E-state index in [4.69, 9.17) is 0 Å². The molecule has 0 unspecified atom stereocenters. The number of nitrogens with one attached hydrogen (secondary N) is 2. The fourth-order valence-corrected chi connectivity index (χ4v) is 7.16. The Balaban J connectivity index is 1.48. The van der Waals surface area contributed by atoms with E-state index in [0.717, 1.165) is 30.0 Å². The third-order valence-corrected chi connectivity index (χ3v) is 9.08. The van der Waals surface area contributed by atoms with Gasteiger partial charge in [-0.05, 0) is 66.7 Å². The number of rotatable bonds is 6. The molecular weight excluding hydrogens is 412 g/mol. The molecule has 1 aliphatic carbocycles. The standard InChI is InChI=1S/C20H22N2O3S3/c23-19(14-4-2-7-18(13-14)28(24,25)22-16-8-9-16)21-17-6-1-5-15(12-17)20-26-10-3-11-27-20/h1-2,4-7,12-13,16,20,22H,3,8-11H2,(H,21,23). The summed E-state index contributed by atoms with van der Waals surface area (Å²) in [6, 6.07) is 14.1. The topological polar surface area (TPSA) is 75.3 Å². The summed E-state index contributed by atoms with van der Waals surface area (Å²) in [5, 5.41) is 2.90. The number of thioether (sulfide) groups is 2. The smallest absolute Gasteiger partial charge is 0.255 e. The number of benzene rings is 2. The average Bonchev–Trinajstić information content (AvgIpc) is 3.52. The quantitative estimate of drug-likeness (QED) is 0.711. The van der Waals surface area contributed by atoms with E-state index in [0.29, 0.717) is 10.1 Å². The van der Waals surface area contributed by atoms with Gasteiger partial charge in [0, 0.05) is 17.3 Å². The van der Waals surface area contributed by atoms with Gasteiger partial charge >= 0.3 is 0 Å². The molecule has 2 aromatic carbocycles. The second kappa shape index (κ2) is 8.49. The molecule has 148 valence electrons. The van der Waals surface area contributed by atoms with Gasteiger partial charge in [-0.25, -0.2) is 13.1 Å². The van der Waals surface area contributed by atoms with Gasteiger partial charge in [-0.2, -0.15) is 0 Å². The highest BCUT2D eigenvalue weighted by Crippen LogP contribution is 2.44. The number of hydrogen-bond acceptors (Lipinski definition) is 5. The molecule has 1 amide bonds. The van der Waals surface area contributed by atoms with Crippen LogP contribution in [0.4, 0.5) is 5.69 Å². The number of hydrogen-bond donors (Lipinski definition) is 2. The van der Waals surface area contributed by atoms with Crippen molar-refractivity contribution in [1.82, 2.24) is 4.72 Å². The Morgan fingerprint density at radius 2 is 1.75 bits per heavy atom. The summed E-state index contributed by atoms with van der Waals surface area (Å²) in [4.78, 5) is 12.8. The van der Waals surface area contributed by atoms with E-state index in [1.807, 2.05) is 41.7 Å². The Morgan fingerprint density at radius 3 is 2.50 bits per heavy atom. The first-order valence-electron chi connectivity index (χ1n) is 9.28. The Bertz CT molecular complexity index is 968. The fourth-order valence-electron chi connectivity index (χ4n) is 2.94. The molecule has 0 spiro atoms. The molecule has 2 aliphatic rings. The third-order valence-electron chi connectivity index (χ3n) is 4.55. The van der Waals surface area contributed by atoms with Crippen LogP contribution in [0.25, 0.3) is 0 Å². The van der Waals surface area contributed by atoms with Crippen LogP contribution in [0.1, 0.15) is 39.8 Å². The third kappa shape index (κ3) is 4.92. The molecule has 8 heteroatoms. The molecule has 1 saturated carbocycles. The number of carbonyl (C=O) groups excluding carboxylic acids is 1. The zero-order valence-electron chi connectivity index (χ0n) is 15.3. The lowest BCUT2D eigenvalue weighted by Crippen LogP contribution is -2.26. The predicted molar refractivity (Wildman–Crippen MR) is 116 cm³/mol. The highest BCUT2D eigenvalue weighted by molar-refractivity contribution is 8.16. The molecule has 1 heterocycles. The van der Waals surface area contributed by atoms with Crippen LogP contribution in [0.3, 0.4) is 0 Å². The van der Waals surface area contributed by atoms with Crippen LogP contribution in [0.5, 0.6) is 0 Å². The molecule has 28 heavy (non-hydrogen) atoms. The van der Waals surface area contributed by atoms with Crippen LogP contribution in [0, 0.1) is 0 Å². The van der Waals surface area contributed by atoms with Crippen molar-refractivity contribution in [2.24, 2.45) is 0 Å². The van der Waals surface area contributed by atoms with Gasteiger partial charge in [0.05, 0.1) is 9.48 Å². The minimum absolute atomic E-state index is 0.0285. The first kappa shape index (κ1) is 19.8. The van der Waals surface area contributed by atoms with Crippen molar-refractivity contribution in [2.75, 3.05) is 16.8 Å². The van der Waals surface area contributed by atoms with Gasteiger partial charge in [0.25, 0.3) is 5.91 Å². The molecule has 2 aromatic rings. The van der Waals surface area contributed by atoms with Crippen molar-refractivity contribution in [2.45, 2.75) is 34.8 Å². The SMILES string of the molecule is O=C(Nc1cccc(C2SCCCS2)c1)c1cccc(S(=O)(=O)NC2CC2)c1. The summed E-state index contributed by atoms with van der Waals surface area (Å²) in [6.07, 6.45) is 2.97. The largest absolute Gasteiger partial charge is 0.322 e. The summed E-state index contributed by atoms with van der Waals surface area (Å²) in [5.74, 6) is 2.00. The molecule has 0 atom stereocenters. The Labute approximate surface area is 174 Å². The van der Waals surface area contributed by atoms with Gasteiger partial charge < -0.3 is 5.32 Å². The van der Waals surface area contributed by atoms with Crippen molar-refractivity contribution < 1.29 is 13.2 Å². The van der Waals surface area contributed by atoms with Crippen LogP contribution in [0.15, 0.2) is 53.4 Å². The lowest BCUT2D eigenvalue weighted by molar-refractivity contribution is 0.102. The van der Waals surface area contributed by atoms with Crippen LogP contribution < -0.4 is 10.0 Å². The minimum atomic E-state index is -3.58. The average molecular weight is 435 g/mol. The Kier molecular flexibility index (Phi) is 6.01. The van der Waals surface area contributed by atoms with E-state index >= 15 is 0 Å². The molecule has 5 nitrogen and oxygen atoms in total. The molecule has 2 N–H and O–H groups in total. The van der Waals surface area contributed by atoms with Gasteiger partial charge in [0.1, 0.15) is 0 Å². The number of carbonyl (C=O) groups is 1. The van der Waals surface area contributed by atoms with E-state index in [-0.39, 0.29) is 16.8 Å². The van der Waals surface area contributed by atoms with E-state index in [9.17, 15) is 13.2 Å². The molecular formula is C20H22N2O3S3. The zero-order chi connectivity index (χ0) is 19.6. The van der Waals surface area contributed by atoms with E-state index in [1.54, 1.807) is 12.1 Å². The van der Waals surface area contributed by atoms with Crippen molar-refractivity contribution in [1.29, 1.82) is 0 Å². The van der Waals surface area contributed by atoms with E-state index in [1.165, 1.54) is 24.1 Å². The van der Waals surface area contributed by atoms with Crippen LogP contribution in [-0.2, 0) is 10.0 Å². The molecule has 1 aliphatic heterocycles. The van der Waals surface area contributed by atoms with Crippen LogP contribution in [0.2, 0.25) is 0 Å². The normalized spacial score (nSPS) is 18.0. The molecule has 0 bridgehead atoms. The molecule has 2 fully saturated rings. The summed E-state index contributed by atoms with van der Waals surface area (Å²) in [5.41, 5.74) is 2.24. The fraction of sp³-hybridized carbons (Fsp3) is 0.350. The molecule has 0 radical (unpaired) electrons. The van der Waals surface area contributed by atoms with E-state index in [2.05, 4.69) is 16.1 Å². The number of anilines is 1. The lowest BCUT2D eigenvalue weighted by atomic mass is 10.2. The van der Waals surface area contributed by atoms with Gasteiger partial charge in [0.2, 0.25) is 10.0 Å². The van der Waals surface area contributed by atoms with E-state index < -0.39 is 10.0 Å². The monoisotopic (exact) mass is 434 g/mol. The predicted octanol–water partition coefficient (Wildman–Crippen LogP) is 4.25. The summed E-state index contributed by atoms with van der Waals surface area (Å²) >= 11 is 3.86. The number of amides is 1.